The smallest absolute Gasteiger partial charge is 0.131 e. The Labute approximate surface area is 88.8 Å². The van der Waals surface area contributed by atoms with Crippen LogP contribution in [0.1, 0.15) is 24.9 Å². The van der Waals surface area contributed by atoms with E-state index in [1.54, 1.807) is 0 Å². The van der Waals surface area contributed by atoms with Crippen LogP contribution in [0.2, 0.25) is 0 Å². The molecule has 0 fully saturated rings. The molecule has 1 aromatic rings. The van der Waals surface area contributed by atoms with Crippen molar-refractivity contribution in [3.8, 4) is 0 Å². The van der Waals surface area contributed by atoms with Crippen LogP contribution in [0.4, 0.5) is 8.78 Å². The predicted octanol–water partition coefficient (Wildman–Crippen LogP) is 3.19. The van der Waals surface area contributed by atoms with Gasteiger partial charge in [-0.25, -0.2) is 8.78 Å². The number of nitrogens with one attached hydrogen (secondary N) is 1. The van der Waals surface area contributed by atoms with Gasteiger partial charge in [0.2, 0.25) is 0 Å². The highest BCUT2D eigenvalue weighted by Crippen LogP contribution is 2.21. The Kier molecular flexibility index (Phi) is 4.43. The Hall–Kier alpha value is -1.22. The van der Waals surface area contributed by atoms with Gasteiger partial charge in [0.05, 0.1) is 6.04 Å². The van der Waals surface area contributed by atoms with Gasteiger partial charge in [0.15, 0.2) is 0 Å². The number of hydrogen-bond acceptors (Lipinski definition) is 1. The number of hydrogen-bond donors (Lipinski definition) is 1. The lowest BCUT2D eigenvalue weighted by atomic mass is 10.1. The topological polar surface area (TPSA) is 12.0 Å². The summed E-state index contributed by atoms with van der Waals surface area (Å²) in [6, 6.07) is 3.39. The summed E-state index contributed by atoms with van der Waals surface area (Å²) < 4.78 is 26.8. The molecule has 0 radical (unpaired) electrons. The average Bonchev–Trinajstić information content (AvgIpc) is 2.22. The summed E-state index contributed by atoms with van der Waals surface area (Å²) in [5.41, 5.74) is 0.0425. The molecule has 0 bridgehead atoms. The van der Waals surface area contributed by atoms with E-state index in [1.165, 1.54) is 24.3 Å². The van der Waals surface area contributed by atoms with E-state index in [0.717, 1.165) is 6.42 Å². The molecule has 82 valence electrons. The Balaban J connectivity index is 2.95. The SMILES string of the molecule is C=CC(NCCC)c1c(F)cccc1F. The molecule has 1 unspecified atom stereocenters. The van der Waals surface area contributed by atoms with Gasteiger partial charge < -0.3 is 5.32 Å². The molecule has 0 heterocycles. The molecule has 0 amide bonds. The maximum atomic E-state index is 13.4. The second-order valence-corrected chi connectivity index (χ2v) is 3.30. The van der Waals surface area contributed by atoms with Crippen molar-refractivity contribution < 1.29 is 8.78 Å². The van der Waals surface area contributed by atoms with Crippen LogP contribution in [-0.4, -0.2) is 6.54 Å². The summed E-state index contributed by atoms with van der Waals surface area (Å²) in [6.07, 6.45) is 2.41. The fourth-order valence-corrected chi connectivity index (χ4v) is 1.41. The minimum absolute atomic E-state index is 0.0425. The minimum atomic E-state index is -0.538. The zero-order chi connectivity index (χ0) is 11.3. The third-order valence-electron chi connectivity index (χ3n) is 2.16. The van der Waals surface area contributed by atoms with E-state index < -0.39 is 17.7 Å². The lowest BCUT2D eigenvalue weighted by Crippen LogP contribution is -2.22. The number of halogens is 2. The van der Waals surface area contributed by atoms with Crippen molar-refractivity contribution in [1.29, 1.82) is 0 Å². The summed E-state index contributed by atoms with van der Waals surface area (Å²) in [4.78, 5) is 0. The molecule has 0 aliphatic heterocycles. The zero-order valence-corrected chi connectivity index (χ0v) is 8.76. The molecule has 0 spiro atoms. The Morgan fingerprint density at radius 2 is 2.00 bits per heavy atom. The maximum absolute atomic E-state index is 13.4. The van der Waals surface area contributed by atoms with Crippen molar-refractivity contribution in [1.82, 2.24) is 5.32 Å². The first-order valence-electron chi connectivity index (χ1n) is 5.00. The van der Waals surface area contributed by atoms with Crippen molar-refractivity contribution in [2.75, 3.05) is 6.54 Å². The molecule has 1 aromatic carbocycles. The Bertz CT molecular complexity index is 316. The van der Waals surface area contributed by atoms with Gasteiger partial charge in [-0.3, -0.25) is 0 Å². The van der Waals surface area contributed by atoms with Gasteiger partial charge in [-0.2, -0.15) is 0 Å². The van der Waals surface area contributed by atoms with Crippen molar-refractivity contribution in [3.63, 3.8) is 0 Å². The van der Waals surface area contributed by atoms with Gasteiger partial charge in [-0.05, 0) is 25.1 Å². The third-order valence-corrected chi connectivity index (χ3v) is 2.16. The molecule has 3 heteroatoms. The highest BCUT2D eigenvalue weighted by atomic mass is 19.1. The van der Waals surface area contributed by atoms with Crippen molar-refractivity contribution in [2.45, 2.75) is 19.4 Å². The maximum Gasteiger partial charge on any atom is 0.131 e. The minimum Gasteiger partial charge on any atom is -0.307 e. The van der Waals surface area contributed by atoms with Crippen LogP contribution in [0.15, 0.2) is 30.9 Å². The summed E-state index contributed by atoms with van der Waals surface area (Å²) in [7, 11) is 0. The van der Waals surface area contributed by atoms with Crippen LogP contribution in [0, 0.1) is 11.6 Å². The van der Waals surface area contributed by atoms with Crippen molar-refractivity contribution in [2.24, 2.45) is 0 Å². The summed E-state index contributed by atoms with van der Waals surface area (Å²) in [5.74, 6) is -1.08. The number of rotatable bonds is 5. The van der Waals surface area contributed by atoms with Gasteiger partial charge >= 0.3 is 0 Å². The summed E-state index contributed by atoms with van der Waals surface area (Å²) >= 11 is 0. The van der Waals surface area contributed by atoms with Crippen molar-refractivity contribution in [3.05, 3.63) is 48.1 Å². The van der Waals surface area contributed by atoms with Crippen molar-refractivity contribution >= 4 is 0 Å². The highest BCUT2D eigenvalue weighted by molar-refractivity contribution is 5.26. The van der Waals surface area contributed by atoms with Gasteiger partial charge in [-0.1, -0.05) is 19.1 Å². The van der Waals surface area contributed by atoms with E-state index in [2.05, 4.69) is 11.9 Å². The molecular formula is C12H15F2N. The average molecular weight is 211 g/mol. The summed E-state index contributed by atoms with van der Waals surface area (Å²) in [6.45, 7) is 6.27. The lowest BCUT2D eigenvalue weighted by Gasteiger charge is -2.15. The molecule has 0 saturated carbocycles. The van der Waals surface area contributed by atoms with Crippen LogP contribution < -0.4 is 5.32 Å². The second kappa shape index (κ2) is 5.61. The van der Waals surface area contributed by atoms with Crippen LogP contribution in [-0.2, 0) is 0 Å². The van der Waals surface area contributed by atoms with Crippen LogP contribution >= 0.6 is 0 Å². The Morgan fingerprint density at radius 3 is 2.47 bits per heavy atom. The molecule has 1 nitrogen and oxygen atoms in total. The van der Waals surface area contributed by atoms with Gasteiger partial charge in [0.1, 0.15) is 11.6 Å². The zero-order valence-electron chi connectivity index (χ0n) is 8.76. The van der Waals surface area contributed by atoms with Gasteiger partial charge in [0, 0.05) is 5.56 Å². The molecule has 1 rings (SSSR count). The lowest BCUT2D eigenvalue weighted by molar-refractivity contribution is 0.510. The monoisotopic (exact) mass is 211 g/mol. The van der Waals surface area contributed by atoms with E-state index in [-0.39, 0.29) is 5.56 Å². The summed E-state index contributed by atoms with van der Waals surface area (Å²) in [5, 5.41) is 3.02. The molecule has 1 atom stereocenters. The predicted molar refractivity (Wildman–Crippen MR) is 57.6 cm³/mol. The standard InChI is InChI=1S/C12H15F2N/c1-3-8-15-11(4-2)12-9(13)6-5-7-10(12)14/h4-7,11,15H,2-3,8H2,1H3. The molecule has 1 N–H and O–H groups in total. The third kappa shape index (κ3) is 2.86. The first kappa shape index (κ1) is 11.9. The highest BCUT2D eigenvalue weighted by Gasteiger charge is 2.16. The van der Waals surface area contributed by atoms with Crippen LogP contribution in [0.25, 0.3) is 0 Å². The van der Waals surface area contributed by atoms with E-state index in [0.29, 0.717) is 6.54 Å². The molecule has 0 aliphatic carbocycles. The number of benzene rings is 1. The first-order valence-corrected chi connectivity index (χ1v) is 5.00. The fraction of sp³-hybridized carbons (Fsp3) is 0.333. The quantitative estimate of drug-likeness (QED) is 0.737. The fourth-order valence-electron chi connectivity index (χ4n) is 1.41. The molecule has 0 aromatic heterocycles. The van der Waals surface area contributed by atoms with Crippen LogP contribution in [0.5, 0.6) is 0 Å². The normalized spacial score (nSPS) is 12.5. The second-order valence-electron chi connectivity index (χ2n) is 3.30. The molecule has 0 aliphatic rings. The van der Waals surface area contributed by atoms with E-state index in [4.69, 9.17) is 0 Å². The van der Waals surface area contributed by atoms with Gasteiger partial charge in [-0.15, -0.1) is 6.58 Å². The molecular weight excluding hydrogens is 196 g/mol. The van der Waals surface area contributed by atoms with Crippen LogP contribution in [0.3, 0.4) is 0 Å². The first-order chi connectivity index (χ1) is 7.20. The molecule has 0 saturated heterocycles. The molecule has 15 heavy (non-hydrogen) atoms. The Morgan fingerprint density at radius 1 is 1.40 bits per heavy atom. The van der Waals surface area contributed by atoms with Gasteiger partial charge in [0.25, 0.3) is 0 Å². The largest absolute Gasteiger partial charge is 0.307 e. The van der Waals surface area contributed by atoms with E-state index in [9.17, 15) is 8.78 Å². The van der Waals surface area contributed by atoms with E-state index >= 15 is 0 Å². The van der Waals surface area contributed by atoms with E-state index in [1.807, 2.05) is 6.92 Å².